The van der Waals surface area contributed by atoms with Gasteiger partial charge < -0.3 is 15.2 Å². The third kappa shape index (κ3) is 3.31. The van der Waals surface area contributed by atoms with Crippen molar-refractivity contribution < 1.29 is 19.0 Å². The van der Waals surface area contributed by atoms with Crippen molar-refractivity contribution in [2.75, 3.05) is 6.61 Å². The van der Waals surface area contributed by atoms with Crippen molar-refractivity contribution in [2.45, 2.75) is 30.6 Å². The molecule has 2 N–H and O–H groups in total. The molecule has 2 aliphatic rings. The van der Waals surface area contributed by atoms with Crippen LogP contribution < -0.4 is 5.32 Å². The minimum absolute atomic E-state index is 0.268. The molecular weight excluding hydrogens is 461 g/mol. The third-order valence-electron chi connectivity index (χ3n) is 6.69. The first kappa shape index (κ1) is 21.3. The molecule has 8 nitrogen and oxygen atoms in total. The molecule has 2 bridgehead atoms. The van der Waals surface area contributed by atoms with E-state index < -0.39 is 17.3 Å². The minimum atomic E-state index is -1.14. The zero-order chi connectivity index (χ0) is 23.7. The van der Waals surface area contributed by atoms with Gasteiger partial charge in [0.2, 0.25) is 5.95 Å². The van der Waals surface area contributed by atoms with Crippen LogP contribution in [0.3, 0.4) is 0 Å². The molecule has 1 saturated carbocycles. The summed E-state index contributed by atoms with van der Waals surface area (Å²) in [7, 11) is 1.66. The molecule has 2 unspecified atom stereocenters. The van der Waals surface area contributed by atoms with Gasteiger partial charge in [0.25, 0.3) is 5.91 Å². The molecule has 0 radical (unpaired) electrons. The number of amides is 1. The highest BCUT2D eigenvalue weighted by Gasteiger charge is 2.55. The number of nitrogens with zero attached hydrogens (tertiary/aromatic N) is 4. The second kappa shape index (κ2) is 7.36. The summed E-state index contributed by atoms with van der Waals surface area (Å²) in [4.78, 5) is 17.7. The van der Waals surface area contributed by atoms with Crippen LogP contribution in [0.4, 0.5) is 4.39 Å². The molecule has 174 valence electrons. The van der Waals surface area contributed by atoms with Gasteiger partial charge in [-0.1, -0.05) is 35.9 Å². The minimum Gasteiger partial charge on any atom is -0.365 e. The molecule has 1 saturated heterocycles. The molecule has 1 aromatic carbocycles. The third-order valence-corrected chi connectivity index (χ3v) is 7.05. The van der Waals surface area contributed by atoms with E-state index in [1.807, 2.05) is 18.2 Å². The van der Waals surface area contributed by atoms with Gasteiger partial charge in [0.15, 0.2) is 5.79 Å². The molecule has 4 aromatic rings. The molecule has 1 aliphatic heterocycles. The van der Waals surface area contributed by atoms with Crippen molar-refractivity contribution in [3.05, 3.63) is 65.5 Å². The lowest BCUT2D eigenvalue weighted by Crippen LogP contribution is -2.48. The molecule has 1 amide bonds. The number of nitrogens with one attached hydrogen (secondary N) is 1. The van der Waals surface area contributed by atoms with Crippen molar-refractivity contribution >= 4 is 23.2 Å². The summed E-state index contributed by atoms with van der Waals surface area (Å²) in [6.07, 6.45) is 4.84. The Balaban J connectivity index is 1.36. The zero-order valence-corrected chi connectivity index (χ0v) is 19.0. The first-order valence-electron chi connectivity index (χ1n) is 10.9. The number of carbonyl (C=O) groups is 1. The number of hydrogen-bond donors (Lipinski definition) is 2. The van der Waals surface area contributed by atoms with Crippen LogP contribution in [0.5, 0.6) is 0 Å². The number of fused-ring (bicyclic) bond motifs is 3. The molecule has 1 aliphatic carbocycles. The number of aliphatic hydroxyl groups is 1. The normalized spacial score (nSPS) is 23.6. The van der Waals surface area contributed by atoms with Crippen LogP contribution in [0.2, 0.25) is 5.15 Å². The molecule has 3 aromatic heterocycles. The Hall–Kier alpha value is -3.27. The number of hydrogen-bond acceptors (Lipinski definition) is 5. The number of carbonyl (C=O) groups excluding carboxylic acids is 1. The number of imidazole rings is 1. The van der Waals surface area contributed by atoms with E-state index in [0.717, 1.165) is 0 Å². The van der Waals surface area contributed by atoms with Crippen molar-refractivity contribution in [1.82, 2.24) is 24.5 Å². The lowest BCUT2D eigenvalue weighted by atomic mass is 9.99. The Morgan fingerprint density at radius 3 is 2.68 bits per heavy atom. The van der Waals surface area contributed by atoms with E-state index >= 15 is 0 Å². The second-order valence-corrected chi connectivity index (χ2v) is 9.45. The fourth-order valence-corrected chi connectivity index (χ4v) is 5.30. The first-order valence-corrected chi connectivity index (χ1v) is 11.3. The van der Waals surface area contributed by atoms with Crippen molar-refractivity contribution in [3.8, 4) is 22.4 Å². The molecule has 34 heavy (non-hydrogen) atoms. The van der Waals surface area contributed by atoms with Crippen LogP contribution in [0.15, 0.2) is 48.8 Å². The van der Waals surface area contributed by atoms with E-state index in [1.54, 1.807) is 42.0 Å². The van der Waals surface area contributed by atoms with Gasteiger partial charge >= 0.3 is 0 Å². The number of benzene rings is 1. The average Bonchev–Trinajstić information content (AvgIpc) is 3.53. The van der Waals surface area contributed by atoms with Crippen LogP contribution in [-0.2, 0) is 11.8 Å². The number of aromatic nitrogens is 4. The maximum absolute atomic E-state index is 14.4. The largest absolute Gasteiger partial charge is 0.365 e. The van der Waals surface area contributed by atoms with Crippen LogP contribution in [0, 0.1) is 5.95 Å². The molecule has 6 rings (SSSR count). The SMILES string of the molecule is Cn1cc(-c2ccccc2-c2nc3cc(C(=O)NC45CCC(O)(C4)OC5)ccn3c2Cl)c(F)n1. The van der Waals surface area contributed by atoms with Crippen molar-refractivity contribution in [3.63, 3.8) is 0 Å². The van der Waals surface area contributed by atoms with Crippen LogP contribution >= 0.6 is 11.6 Å². The van der Waals surface area contributed by atoms with Crippen molar-refractivity contribution in [1.29, 1.82) is 0 Å². The van der Waals surface area contributed by atoms with E-state index in [1.165, 1.54) is 4.68 Å². The summed E-state index contributed by atoms with van der Waals surface area (Å²) >= 11 is 6.67. The average molecular weight is 482 g/mol. The molecule has 2 fully saturated rings. The summed E-state index contributed by atoms with van der Waals surface area (Å²) in [5, 5.41) is 17.5. The lowest BCUT2D eigenvalue weighted by Gasteiger charge is -2.27. The molecule has 2 atom stereocenters. The fourth-order valence-electron chi connectivity index (χ4n) is 5.01. The Bertz CT molecular complexity index is 1450. The lowest BCUT2D eigenvalue weighted by molar-refractivity contribution is -0.177. The van der Waals surface area contributed by atoms with Gasteiger partial charge in [0.1, 0.15) is 16.5 Å². The number of rotatable bonds is 4. The summed E-state index contributed by atoms with van der Waals surface area (Å²) in [5.41, 5.74) is 2.44. The second-order valence-electron chi connectivity index (χ2n) is 9.09. The van der Waals surface area contributed by atoms with Crippen molar-refractivity contribution in [2.24, 2.45) is 7.05 Å². The summed E-state index contributed by atoms with van der Waals surface area (Å²) in [5.74, 6) is -1.98. The Labute approximate surface area is 198 Å². The first-order chi connectivity index (χ1) is 16.3. The van der Waals surface area contributed by atoms with Gasteiger partial charge in [-0.15, -0.1) is 5.10 Å². The highest BCUT2D eigenvalue weighted by atomic mass is 35.5. The maximum Gasteiger partial charge on any atom is 0.251 e. The Kier molecular flexibility index (Phi) is 4.61. The van der Waals surface area contributed by atoms with E-state index in [-0.39, 0.29) is 5.91 Å². The standard InChI is InChI=1S/C24H21ClFN5O3/c1-30-11-17(21(26)29-30)15-4-2-3-5-16(15)19-20(25)31-9-6-14(10-18(31)27-19)22(32)28-23-7-8-24(33,12-23)34-13-23/h2-6,9-11,33H,7-8,12-13H2,1H3,(H,28,32). The smallest absolute Gasteiger partial charge is 0.251 e. The monoisotopic (exact) mass is 481 g/mol. The van der Waals surface area contributed by atoms with Crippen LogP contribution in [0.25, 0.3) is 28.0 Å². The maximum atomic E-state index is 14.4. The Morgan fingerprint density at radius 2 is 2.03 bits per heavy atom. The van der Waals surface area contributed by atoms with E-state index in [2.05, 4.69) is 15.4 Å². The molecule has 0 spiro atoms. The van der Waals surface area contributed by atoms with Crippen LogP contribution in [0.1, 0.15) is 29.6 Å². The van der Waals surface area contributed by atoms with E-state index in [9.17, 15) is 14.3 Å². The van der Waals surface area contributed by atoms with Gasteiger partial charge in [0.05, 0.1) is 17.7 Å². The van der Waals surface area contributed by atoms with Gasteiger partial charge in [-0.25, -0.2) is 4.98 Å². The molecule has 4 heterocycles. The van der Waals surface area contributed by atoms with E-state index in [0.29, 0.717) is 64.6 Å². The quantitative estimate of drug-likeness (QED) is 0.465. The fraction of sp³-hybridized carbons (Fsp3) is 0.292. The topological polar surface area (TPSA) is 93.7 Å². The van der Waals surface area contributed by atoms with Gasteiger partial charge in [-0.2, -0.15) is 4.39 Å². The summed E-state index contributed by atoms with van der Waals surface area (Å²) in [6.45, 7) is 0.290. The highest BCUT2D eigenvalue weighted by molar-refractivity contribution is 6.32. The number of pyridine rings is 1. The number of halogens is 2. The zero-order valence-electron chi connectivity index (χ0n) is 18.3. The van der Waals surface area contributed by atoms with E-state index in [4.69, 9.17) is 16.3 Å². The number of ether oxygens (including phenoxy) is 1. The number of aryl methyl sites for hydroxylation is 1. The summed E-state index contributed by atoms with van der Waals surface area (Å²) in [6, 6.07) is 10.6. The highest BCUT2D eigenvalue weighted by Crippen LogP contribution is 2.45. The predicted molar refractivity (Wildman–Crippen MR) is 123 cm³/mol. The summed E-state index contributed by atoms with van der Waals surface area (Å²) < 4.78 is 23.0. The predicted octanol–water partition coefficient (Wildman–Crippen LogP) is 3.57. The Morgan fingerprint density at radius 1 is 1.24 bits per heavy atom. The molecular formula is C24H21ClFN5O3. The van der Waals surface area contributed by atoms with Gasteiger partial charge in [-0.05, 0) is 24.1 Å². The van der Waals surface area contributed by atoms with Crippen LogP contribution in [-0.4, -0.2) is 48.1 Å². The molecule has 10 heteroatoms. The van der Waals surface area contributed by atoms with Gasteiger partial charge in [0, 0.05) is 43.4 Å². The van der Waals surface area contributed by atoms with Gasteiger partial charge in [-0.3, -0.25) is 13.9 Å².